The summed E-state index contributed by atoms with van der Waals surface area (Å²) in [7, 11) is 5.42. The molecule has 0 N–H and O–H groups in total. The number of likely N-dealkylation sites (N-methyl/N-ethyl adjacent to an activating group) is 1. The van der Waals surface area contributed by atoms with Crippen LogP contribution in [0.25, 0.3) is 0 Å². The maximum Gasteiger partial charge on any atom is 0.237 e. The molecular formula is C29H35N3O2. The fourth-order valence-electron chi connectivity index (χ4n) is 5.00. The standard InChI is InChI=1S/C29H35N3O2/c1-30(2)28(33)29(24-11-6-4-7-12-24,25-13-8-5-9-14-25)17-18-31-19-21-32(22-20-31)26-15-10-16-27(23-26)34-3/h4-16,23H,17-22H2,1-3H3. The minimum absolute atomic E-state index is 0.125. The van der Waals surface area contributed by atoms with E-state index < -0.39 is 5.41 Å². The molecule has 0 unspecified atom stereocenters. The molecule has 0 spiro atoms. The van der Waals surface area contributed by atoms with E-state index in [0.717, 1.165) is 56.0 Å². The van der Waals surface area contributed by atoms with E-state index in [4.69, 9.17) is 4.74 Å². The topological polar surface area (TPSA) is 36.0 Å². The van der Waals surface area contributed by atoms with E-state index in [1.165, 1.54) is 5.69 Å². The lowest BCUT2D eigenvalue weighted by Gasteiger charge is -2.40. The molecule has 3 aromatic carbocycles. The van der Waals surface area contributed by atoms with Gasteiger partial charge in [-0.2, -0.15) is 0 Å². The van der Waals surface area contributed by atoms with E-state index >= 15 is 0 Å². The third-order valence-corrected chi connectivity index (χ3v) is 6.90. The average molecular weight is 458 g/mol. The van der Waals surface area contributed by atoms with Gasteiger partial charge in [0.25, 0.3) is 0 Å². The summed E-state index contributed by atoms with van der Waals surface area (Å²) in [5.74, 6) is 1.01. The maximum absolute atomic E-state index is 13.8. The summed E-state index contributed by atoms with van der Waals surface area (Å²) in [6.45, 7) is 4.70. The van der Waals surface area contributed by atoms with Crippen LogP contribution in [0, 0.1) is 0 Å². The molecule has 1 heterocycles. The van der Waals surface area contributed by atoms with Crippen LogP contribution >= 0.6 is 0 Å². The van der Waals surface area contributed by atoms with Crippen LogP contribution < -0.4 is 9.64 Å². The van der Waals surface area contributed by atoms with Gasteiger partial charge in [-0.1, -0.05) is 66.7 Å². The molecule has 0 aliphatic carbocycles. The summed E-state index contributed by atoms with van der Waals surface area (Å²) < 4.78 is 5.40. The Hall–Kier alpha value is -3.31. The molecule has 5 nitrogen and oxygen atoms in total. The number of carbonyl (C=O) groups excluding carboxylic acids is 1. The van der Waals surface area contributed by atoms with Crippen molar-refractivity contribution in [2.45, 2.75) is 11.8 Å². The summed E-state index contributed by atoms with van der Waals surface area (Å²) in [6, 6.07) is 28.8. The van der Waals surface area contributed by atoms with E-state index in [1.54, 1.807) is 12.0 Å². The van der Waals surface area contributed by atoms with Crippen LogP contribution in [0.3, 0.4) is 0 Å². The van der Waals surface area contributed by atoms with Gasteiger partial charge in [-0.3, -0.25) is 9.69 Å². The van der Waals surface area contributed by atoms with Crippen molar-refractivity contribution in [2.24, 2.45) is 0 Å². The van der Waals surface area contributed by atoms with Crippen molar-refractivity contribution < 1.29 is 9.53 Å². The molecular weight excluding hydrogens is 422 g/mol. The van der Waals surface area contributed by atoms with E-state index in [0.29, 0.717) is 0 Å². The molecule has 34 heavy (non-hydrogen) atoms. The monoisotopic (exact) mass is 457 g/mol. The summed E-state index contributed by atoms with van der Waals surface area (Å²) in [5.41, 5.74) is 2.59. The lowest BCUT2D eigenvalue weighted by atomic mass is 9.70. The van der Waals surface area contributed by atoms with Crippen molar-refractivity contribution in [2.75, 3.05) is 58.8 Å². The lowest BCUT2D eigenvalue weighted by molar-refractivity contribution is -0.133. The molecule has 0 aromatic heterocycles. The lowest BCUT2D eigenvalue weighted by Crippen LogP contribution is -2.50. The second-order valence-corrected chi connectivity index (χ2v) is 9.12. The third kappa shape index (κ3) is 4.95. The number of amides is 1. The quantitative estimate of drug-likeness (QED) is 0.506. The number of carbonyl (C=O) groups is 1. The first-order valence-corrected chi connectivity index (χ1v) is 12.0. The zero-order valence-electron chi connectivity index (χ0n) is 20.5. The Morgan fingerprint density at radius 1 is 0.853 bits per heavy atom. The average Bonchev–Trinajstić information content (AvgIpc) is 2.90. The van der Waals surface area contributed by atoms with Crippen molar-refractivity contribution in [1.29, 1.82) is 0 Å². The Morgan fingerprint density at radius 3 is 1.97 bits per heavy atom. The van der Waals surface area contributed by atoms with Crippen LogP contribution in [0.15, 0.2) is 84.9 Å². The van der Waals surface area contributed by atoms with Crippen LogP contribution in [0.5, 0.6) is 5.75 Å². The Bertz CT molecular complexity index is 1020. The molecule has 0 atom stereocenters. The second-order valence-electron chi connectivity index (χ2n) is 9.12. The molecule has 0 radical (unpaired) electrons. The molecule has 1 fully saturated rings. The Balaban J connectivity index is 1.54. The first kappa shape index (κ1) is 23.8. The van der Waals surface area contributed by atoms with E-state index in [2.05, 4.69) is 46.2 Å². The largest absolute Gasteiger partial charge is 0.497 e. The number of hydrogen-bond acceptors (Lipinski definition) is 4. The highest BCUT2D eigenvalue weighted by Crippen LogP contribution is 2.38. The number of piperazine rings is 1. The Labute approximate surface area is 203 Å². The predicted octanol–water partition coefficient (Wildman–Crippen LogP) is 4.28. The molecule has 1 aliphatic heterocycles. The smallest absolute Gasteiger partial charge is 0.237 e. The van der Waals surface area contributed by atoms with Crippen molar-refractivity contribution in [3.8, 4) is 5.75 Å². The Kier molecular flexibility index (Phi) is 7.53. The first-order valence-electron chi connectivity index (χ1n) is 12.0. The van der Waals surface area contributed by atoms with Crippen LogP contribution in [-0.4, -0.2) is 69.6 Å². The van der Waals surface area contributed by atoms with Gasteiger partial charge in [-0.15, -0.1) is 0 Å². The van der Waals surface area contributed by atoms with Crippen molar-refractivity contribution in [3.05, 3.63) is 96.1 Å². The SMILES string of the molecule is COc1cccc(N2CCN(CCC(C(=O)N(C)C)(c3ccccc3)c3ccccc3)CC2)c1. The molecule has 178 valence electrons. The molecule has 1 amide bonds. The summed E-state index contributed by atoms with van der Waals surface area (Å²) >= 11 is 0. The molecule has 1 saturated heterocycles. The minimum Gasteiger partial charge on any atom is -0.497 e. The molecule has 3 aromatic rings. The molecule has 1 aliphatic rings. The summed E-state index contributed by atoms with van der Waals surface area (Å²) in [4.78, 5) is 20.5. The van der Waals surface area contributed by atoms with Crippen molar-refractivity contribution >= 4 is 11.6 Å². The highest BCUT2D eigenvalue weighted by molar-refractivity contribution is 5.92. The highest BCUT2D eigenvalue weighted by Gasteiger charge is 2.43. The molecule has 0 bridgehead atoms. The number of rotatable bonds is 8. The van der Waals surface area contributed by atoms with Crippen molar-refractivity contribution in [3.63, 3.8) is 0 Å². The number of methoxy groups -OCH3 is 1. The van der Waals surface area contributed by atoms with Gasteiger partial charge in [0.15, 0.2) is 0 Å². The van der Waals surface area contributed by atoms with Gasteiger partial charge in [-0.05, 0) is 36.2 Å². The van der Waals surface area contributed by atoms with Gasteiger partial charge < -0.3 is 14.5 Å². The van der Waals surface area contributed by atoms with Crippen LogP contribution in [0.4, 0.5) is 5.69 Å². The van der Waals surface area contributed by atoms with Crippen LogP contribution in [0.1, 0.15) is 17.5 Å². The van der Waals surface area contributed by atoms with Gasteiger partial charge in [0, 0.05) is 52.0 Å². The van der Waals surface area contributed by atoms with Gasteiger partial charge in [0.2, 0.25) is 5.91 Å². The zero-order valence-corrected chi connectivity index (χ0v) is 20.5. The number of hydrogen-bond donors (Lipinski definition) is 0. The predicted molar refractivity (Wildman–Crippen MR) is 139 cm³/mol. The zero-order chi connectivity index (χ0) is 24.0. The van der Waals surface area contributed by atoms with Gasteiger partial charge in [0.05, 0.1) is 7.11 Å². The highest BCUT2D eigenvalue weighted by atomic mass is 16.5. The second kappa shape index (κ2) is 10.7. The fourth-order valence-corrected chi connectivity index (χ4v) is 5.00. The van der Waals surface area contributed by atoms with Gasteiger partial charge >= 0.3 is 0 Å². The van der Waals surface area contributed by atoms with Gasteiger partial charge in [-0.25, -0.2) is 0 Å². The number of ether oxygens (including phenoxy) is 1. The minimum atomic E-state index is -0.712. The third-order valence-electron chi connectivity index (χ3n) is 6.90. The molecule has 0 saturated carbocycles. The van der Waals surface area contributed by atoms with Crippen LogP contribution in [0.2, 0.25) is 0 Å². The van der Waals surface area contributed by atoms with E-state index in [1.807, 2.05) is 62.6 Å². The van der Waals surface area contributed by atoms with E-state index in [9.17, 15) is 4.79 Å². The maximum atomic E-state index is 13.8. The number of anilines is 1. The Morgan fingerprint density at radius 2 is 1.44 bits per heavy atom. The number of nitrogens with zero attached hydrogens (tertiary/aromatic N) is 3. The summed E-state index contributed by atoms with van der Waals surface area (Å²) in [6.07, 6.45) is 0.733. The van der Waals surface area contributed by atoms with E-state index in [-0.39, 0.29) is 5.91 Å². The normalized spacial score (nSPS) is 14.6. The molecule has 4 rings (SSSR count). The summed E-state index contributed by atoms with van der Waals surface area (Å²) in [5, 5.41) is 0. The fraction of sp³-hybridized carbons (Fsp3) is 0.345. The first-order chi connectivity index (χ1) is 16.5. The molecule has 5 heteroatoms. The van der Waals surface area contributed by atoms with Crippen LogP contribution in [-0.2, 0) is 10.2 Å². The van der Waals surface area contributed by atoms with Crippen molar-refractivity contribution in [1.82, 2.24) is 9.80 Å². The number of benzene rings is 3. The van der Waals surface area contributed by atoms with Gasteiger partial charge in [0.1, 0.15) is 11.2 Å².